The van der Waals surface area contributed by atoms with E-state index in [1.807, 2.05) is 0 Å². The molecule has 0 aromatic rings. The highest BCUT2D eigenvalue weighted by Crippen LogP contribution is 2.43. The van der Waals surface area contributed by atoms with Crippen molar-refractivity contribution in [1.29, 1.82) is 0 Å². The zero-order chi connectivity index (χ0) is 17.6. The van der Waals surface area contributed by atoms with Crippen LogP contribution < -0.4 is 0 Å². The lowest BCUT2D eigenvalue weighted by atomic mass is 9.96. The second-order valence-corrected chi connectivity index (χ2v) is 6.73. The van der Waals surface area contributed by atoms with Crippen molar-refractivity contribution < 1.29 is 28.5 Å². The van der Waals surface area contributed by atoms with E-state index in [0.29, 0.717) is 13.0 Å². The fourth-order valence-corrected chi connectivity index (χ4v) is 3.60. The van der Waals surface area contributed by atoms with Crippen LogP contribution in [0.4, 0.5) is 0 Å². The van der Waals surface area contributed by atoms with E-state index in [2.05, 4.69) is 6.92 Å². The van der Waals surface area contributed by atoms with E-state index in [1.54, 1.807) is 0 Å². The van der Waals surface area contributed by atoms with Crippen molar-refractivity contribution in [3.05, 3.63) is 0 Å². The van der Waals surface area contributed by atoms with Crippen LogP contribution in [0.25, 0.3) is 0 Å². The van der Waals surface area contributed by atoms with Crippen LogP contribution in [0.3, 0.4) is 0 Å². The summed E-state index contributed by atoms with van der Waals surface area (Å²) in [5, 5.41) is 0. The van der Waals surface area contributed by atoms with Crippen molar-refractivity contribution in [2.45, 2.75) is 96.2 Å². The van der Waals surface area contributed by atoms with Gasteiger partial charge in [0.2, 0.25) is 5.79 Å². The predicted molar refractivity (Wildman–Crippen MR) is 87.3 cm³/mol. The van der Waals surface area contributed by atoms with Gasteiger partial charge in [-0.1, -0.05) is 32.6 Å². The topological polar surface area (TPSA) is 71.1 Å². The number of hydrogen-bond donors (Lipinski definition) is 0. The van der Waals surface area contributed by atoms with E-state index in [-0.39, 0.29) is 6.10 Å². The second-order valence-electron chi connectivity index (χ2n) is 6.73. The van der Waals surface area contributed by atoms with Gasteiger partial charge in [0.15, 0.2) is 12.2 Å². The van der Waals surface area contributed by atoms with Gasteiger partial charge in [0.05, 0.1) is 6.61 Å². The first-order valence-electron chi connectivity index (χ1n) is 9.14. The number of rotatable bonds is 7. The Bertz CT molecular complexity index is 429. The summed E-state index contributed by atoms with van der Waals surface area (Å²) in [6.45, 7) is 5.45. The molecule has 0 bridgehead atoms. The molecule has 2 saturated heterocycles. The smallest absolute Gasteiger partial charge is 0.303 e. The summed E-state index contributed by atoms with van der Waals surface area (Å²) in [5.74, 6) is -1.78. The van der Waals surface area contributed by atoms with Gasteiger partial charge >= 0.3 is 11.9 Å². The lowest BCUT2D eigenvalue weighted by molar-refractivity contribution is -0.278. The molecule has 2 fully saturated rings. The third-order valence-corrected chi connectivity index (χ3v) is 4.65. The normalized spacial score (nSPS) is 32.7. The minimum Gasteiger partial charge on any atom is -0.456 e. The Balaban J connectivity index is 2.15. The molecule has 0 amide bonds. The van der Waals surface area contributed by atoms with Gasteiger partial charge in [-0.05, 0) is 19.3 Å². The Kier molecular flexibility index (Phi) is 7.04. The van der Waals surface area contributed by atoms with Gasteiger partial charge in [-0.15, -0.1) is 0 Å². The fourth-order valence-electron chi connectivity index (χ4n) is 3.60. The summed E-state index contributed by atoms with van der Waals surface area (Å²) in [4.78, 5) is 23.2. The standard InChI is InChI=1S/C18H30O6/c1-4-5-6-7-10-15-16(22-13(2)19)17(23-14(3)20)18(24-15)11-8-9-12-21-18/h15-17H,4-12H2,1-3H3. The molecule has 138 valence electrons. The van der Waals surface area contributed by atoms with Gasteiger partial charge in [-0.3, -0.25) is 9.59 Å². The monoisotopic (exact) mass is 342 g/mol. The maximum Gasteiger partial charge on any atom is 0.303 e. The zero-order valence-corrected chi connectivity index (χ0v) is 15.0. The van der Waals surface area contributed by atoms with Gasteiger partial charge < -0.3 is 18.9 Å². The van der Waals surface area contributed by atoms with Crippen LogP contribution in [-0.4, -0.2) is 42.6 Å². The van der Waals surface area contributed by atoms with Gasteiger partial charge in [0.1, 0.15) is 6.10 Å². The highest BCUT2D eigenvalue weighted by Gasteiger charge is 2.60. The molecule has 0 radical (unpaired) electrons. The SMILES string of the molecule is CCCCCCC1OC2(CCCCO2)C(OC(C)=O)C1OC(C)=O. The Morgan fingerprint density at radius 1 is 1.08 bits per heavy atom. The number of ether oxygens (including phenoxy) is 4. The van der Waals surface area contributed by atoms with Crippen molar-refractivity contribution >= 4 is 11.9 Å². The third kappa shape index (κ3) is 4.70. The van der Waals surface area contributed by atoms with Crippen molar-refractivity contribution in [2.24, 2.45) is 0 Å². The van der Waals surface area contributed by atoms with E-state index in [9.17, 15) is 9.59 Å². The number of carbonyl (C=O) groups is 2. The predicted octanol–water partition coefficient (Wildman–Crippen LogP) is 3.12. The van der Waals surface area contributed by atoms with E-state index in [1.165, 1.54) is 20.3 Å². The molecule has 4 atom stereocenters. The fraction of sp³-hybridized carbons (Fsp3) is 0.889. The average Bonchev–Trinajstić information content (AvgIpc) is 2.78. The first-order valence-corrected chi connectivity index (χ1v) is 9.14. The minimum absolute atomic E-state index is 0.298. The largest absolute Gasteiger partial charge is 0.456 e. The molecule has 4 unspecified atom stereocenters. The summed E-state index contributed by atoms with van der Waals surface area (Å²) in [7, 11) is 0. The van der Waals surface area contributed by atoms with Crippen LogP contribution in [-0.2, 0) is 28.5 Å². The molecule has 0 aromatic heterocycles. The molecule has 0 aromatic carbocycles. The first kappa shape index (κ1) is 19.2. The van der Waals surface area contributed by atoms with Gasteiger partial charge in [0.25, 0.3) is 0 Å². The molecule has 2 heterocycles. The highest BCUT2D eigenvalue weighted by molar-refractivity contribution is 5.67. The number of unbranched alkanes of at least 4 members (excludes halogenated alkanes) is 3. The number of carbonyl (C=O) groups excluding carboxylic acids is 2. The van der Waals surface area contributed by atoms with Crippen molar-refractivity contribution in [2.75, 3.05) is 6.61 Å². The molecule has 2 rings (SSSR count). The molecular weight excluding hydrogens is 312 g/mol. The molecule has 0 aliphatic carbocycles. The molecule has 24 heavy (non-hydrogen) atoms. The molecule has 2 aliphatic heterocycles. The molecule has 6 nitrogen and oxygen atoms in total. The van der Waals surface area contributed by atoms with Crippen molar-refractivity contribution in [1.82, 2.24) is 0 Å². The van der Waals surface area contributed by atoms with E-state index < -0.39 is 29.9 Å². The molecule has 0 saturated carbocycles. The summed E-state index contributed by atoms with van der Waals surface area (Å²) < 4.78 is 23.1. The first-order chi connectivity index (χ1) is 11.5. The highest BCUT2D eigenvalue weighted by atomic mass is 16.8. The van der Waals surface area contributed by atoms with Crippen LogP contribution in [0.1, 0.15) is 72.1 Å². The molecule has 6 heteroatoms. The average molecular weight is 342 g/mol. The summed E-state index contributed by atoms with van der Waals surface area (Å²) in [6.07, 6.45) is 6.12. The number of hydrogen-bond acceptors (Lipinski definition) is 6. The summed E-state index contributed by atoms with van der Waals surface area (Å²) >= 11 is 0. The second kappa shape index (κ2) is 8.81. The Hall–Kier alpha value is -1.14. The lowest BCUT2D eigenvalue weighted by Gasteiger charge is -2.37. The summed E-state index contributed by atoms with van der Waals surface area (Å²) in [5.41, 5.74) is 0. The third-order valence-electron chi connectivity index (χ3n) is 4.65. The Labute approximate surface area is 144 Å². The molecule has 2 aliphatic rings. The molecular formula is C18H30O6. The van der Waals surface area contributed by atoms with E-state index >= 15 is 0 Å². The van der Waals surface area contributed by atoms with Gasteiger partial charge in [-0.2, -0.15) is 0 Å². The van der Waals surface area contributed by atoms with Crippen LogP contribution in [0.2, 0.25) is 0 Å². The Morgan fingerprint density at radius 2 is 1.83 bits per heavy atom. The Morgan fingerprint density at radius 3 is 2.42 bits per heavy atom. The molecule has 0 N–H and O–H groups in total. The maximum absolute atomic E-state index is 11.6. The van der Waals surface area contributed by atoms with E-state index in [0.717, 1.165) is 38.5 Å². The zero-order valence-electron chi connectivity index (χ0n) is 15.0. The minimum atomic E-state index is -0.973. The van der Waals surface area contributed by atoms with E-state index in [4.69, 9.17) is 18.9 Å². The lowest BCUT2D eigenvalue weighted by Crippen LogP contribution is -2.50. The van der Waals surface area contributed by atoms with Crippen LogP contribution in [0.5, 0.6) is 0 Å². The number of esters is 2. The summed E-state index contributed by atoms with van der Waals surface area (Å²) in [6, 6.07) is 0. The van der Waals surface area contributed by atoms with Crippen LogP contribution >= 0.6 is 0 Å². The van der Waals surface area contributed by atoms with Gasteiger partial charge in [0, 0.05) is 20.3 Å². The maximum atomic E-state index is 11.6. The van der Waals surface area contributed by atoms with Crippen molar-refractivity contribution in [3.63, 3.8) is 0 Å². The quantitative estimate of drug-likeness (QED) is 0.523. The molecule has 1 spiro atoms. The van der Waals surface area contributed by atoms with Crippen LogP contribution in [0.15, 0.2) is 0 Å². The van der Waals surface area contributed by atoms with Gasteiger partial charge in [-0.25, -0.2) is 0 Å². The van der Waals surface area contributed by atoms with Crippen molar-refractivity contribution in [3.8, 4) is 0 Å². The van der Waals surface area contributed by atoms with Crippen LogP contribution in [0, 0.1) is 0 Å².